The molecule has 0 aliphatic heterocycles. The molecule has 0 amide bonds. The van der Waals surface area contributed by atoms with Crippen LogP contribution in [0.25, 0.3) is 0 Å². The Hall–Kier alpha value is -0.640. The highest BCUT2D eigenvalue weighted by molar-refractivity contribution is 9.10. The zero-order valence-electron chi connectivity index (χ0n) is 7.54. The quantitative estimate of drug-likeness (QED) is 0.752. The number of hydrogen-bond donors (Lipinski definition) is 0. The van der Waals surface area contributed by atoms with Crippen LogP contribution in [0.2, 0.25) is 5.02 Å². The van der Waals surface area contributed by atoms with Crippen molar-refractivity contribution >= 4 is 44.7 Å². The van der Waals surface area contributed by atoms with Crippen LogP contribution in [0.4, 0.5) is 0 Å². The van der Waals surface area contributed by atoms with Crippen molar-refractivity contribution in [2.75, 3.05) is 0 Å². The van der Waals surface area contributed by atoms with Crippen molar-refractivity contribution in [3.05, 3.63) is 55.6 Å². The molecule has 0 aliphatic rings. The predicted octanol–water partition coefficient (Wildman–Crippen LogP) is 4.40. The van der Waals surface area contributed by atoms with Gasteiger partial charge in [0.15, 0.2) is 0 Å². The number of ketones is 1. The van der Waals surface area contributed by atoms with Gasteiger partial charge in [-0.2, -0.15) is 0 Å². The van der Waals surface area contributed by atoms with Crippen LogP contribution in [-0.2, 0) is 0 Å². The number of carbonyl (C=O) groups excluding carboxylic acids is 1. The minimum atomic E-state index is 0.0218. The van der Waals surface area contributed by atoms with Crippen molar-refractivity contribution < 1.29 is 4.79 Å². The highest BCUT2D eigenvalue weighted by Gasteiger charge is 2.13. The summed E-state index contributed by atoms with van der Waals surface area (Å²) in [4.78, 5) is 12.7. The van der Waals surface area contributed by atoms with E-state index >= 15 is 0 Å². The minimum Gasteiger partial charge on any atom is -0.288 e. The Morgan fingerprint density at radius 3 is 2.73 bits per heavy atom. The van der Waals surface area contributed by atoms with Crippen LogP contribution in [0.15, 0.2) is 40.2 Å². The fourth-order valence-electron chi connectivity index (χ4n) is 1.21. The van der Waals surface area contributed by atoms with Gasteiger partial charge in [0.1, 0.15) is 0 Å². The largest absolute Gasteiger partial charge is 0.288 e. The highest BCUT2D eigenvalue weighted by atomic mass is 79.9. The van der Waals surface area contributed by atoms with Crippen LogP contribution >= 0.6 is 38.9 Å². The monoisotopic (exact) mass is 300 g/mol. The van der Waals surface area contributed by atoms with Gasteiger partial charge in [-0.3, -0.25) is 4.79 Å². The third kappa shape index (κ3) is 2.30. The molecule has 0 fully saturated rings. The van der Waals surface area contributed by atoms with E-state index in [2.05, 4.69) is 15.9 Å². The van der Waals surface area contributed by atoms with Crippen molar-refractivity contribution in [2.45, 2.75) is 0 Å². The Morgan fingerprint density at radius 2 is 2.13 bits per heavy atom. The topological polar surface area (TPSA) is 17.1 Å². The molecule has 0 N–H and O–H groups in total. The standard InChI is InChI=1S/C11H6BrClOS/c12-9-6-7(13)3-4-8(9)11(14)10-2-1-5-15-10/h1-6H. The smallest absolute Gasteiger partial charge is 0.204 e. The van der Waals surface area contributed by atoms with E-state index in [-0.39, 0.29) is 5.78 Å². The van der Waals surface area contributed by atoms with E-state index in [0.29, 0.717) is 10.6 Å². The van der Waals surface area contributed by atoms with Crippen LogP contribution in [-0.4, -0.2) is 5.78 Å². The predicted molar refractivity (Wildman–Crippen MR) is 66.9 cm³/mol. The second-order valence-corrected chi connectivity index (χ2v) is 5.17. The van der Waals surface area contributed by atoms with Crippen LogP contribution in [0.1, 0.15) is 15.2 Å². The molecule has 0 spiro atoms. The van der Waals surface area contributed by atoms with Crippen molar-refractivity contribution in [2.24, 2.45) is 0 Å². The first-order chi connectivity index (χ1) is 7.18. The molecule has 2 rings (SSSR count). The summed E-state index contributed by atoms with van der Waals surface area (Å²) in [6.45, 7) is 0. The van der Waals surface area contributed by atoms with Gasteiger partial charge < -0.3 is 0 Å². The Labute approximate surface area is 105 Å². The first-order valence-electron chi connectivity index (χ1n) is 4.22. The molecule has 0 aliphatic carbocycles. The summed E-state index contributed by atoms with van der Waals surface area (Å²) < 4.78 is 0.730. The summed E-state index contributed by atoms with van der Waals surface area (Å²) in [6, 6.07) is 8.85. The lowest BCUT2D eigenvalue weighted by molar-refractivity contribution is 0.104. The average Bonchev–Trinajstić information content (AvgIpc) is 2.69. The third-order valence-electron chi connectivity index (χ3n) is 1.92. The molecule has 1 heterocycles. The number of carbonyl (C=O) groups is 1. The fraction of sp³-hybridized carbons (Fsp3) is 0. The maximum Gasteiger partial charge on any atom is 0.204 e. The van der Waals surface area contributed by atoms with E-state index in [0.717, 1.165) is 9.35 Å². The first kappa shape index (κ1) is 10.9. The molecule has 15 heavy (non-hydrogen) atoms. The molecule has 2 aromatic rings. The maximum atomic E-state index is 12.0. The summed E-state index contributed by atoms with van der Waals surface area (Å²) in [5, 5.41) is 2.50. The van der Waals surface area contributed by atoms with E-state index in [9.17, 15) is 4.79 Å². The summed E-state index contributed by atoms with van der Waals surface area (Å²) in [6.07, 6.45) is 0. The van der Waals surface area contributed by atoms with Crippen LogP contribution < -0.4 is 0 Å². The van der Waals surface area contributed by atoms with Crippen molar-refractivity contribution in [3.8, 4) is 0 Å². The molecule has 1 nitrogen and oxygen atoms in total. The van der Waals surface area contributed by atoms with Crippen LogP contribution in [0.3, 0.4) is 0 Å². The molecule has 0 atom stereocenters. The second kappa shape index (κ2) is 4.47. The maximum absolute atomic E-state index is 12.0. The van der Waals surface area contributed by atoms with Gasteiger partial charge in [0.2, 0.25) is 5.78 Å². The van der Waals surface area contributed by atoms with Crippen molar-refractivity contribution in [3.63, 3.8) is 0 Å². The summed E-state index contributed by atoms with van der Waals surface area (Å²) in [5.74, 6) is 0.0218. The zero-order chi connectivity index (χ0) is 10.8. The summed E-state index contributed by atoms with van der Waals surface area (Å²) in [5.41, 5.74) is 0.641. The Morgan fingerprint density at radius 1 is 1.33 bits per heavy atom. The second-order valence-electron chi connectivity index (χ2n) is 2.93. The fourth-order valence-corrected chi connectivity index (χ4v) is 2.75. The minimum absolute atomic E-state index is 0.0218. The molecular weight excluding hydrogens is 296 g/mol. The molecule has 0 radical (unpaired) electrons. The zero-order valence-corrected chi connectivity index (χ0v) is 10.7. The Kier molecular flexibility index (Phi) is 3.24. The molecule has 1 aromatic carbocycles. The van der Waals surface area contributed by atoms with Crippen molar-refractivity contribution in [1.29, 1.82) is 0 Å². The van der Waals surface area contributed by atoms with Gasteiger partial charge in [0.25, 0.3) is 0 Å². The lowest BCUT2D eigenvalue weighted by Crippen LogP contribution is -1.99. The average molecular weight is 302 g/mol. The van der Waals surface area contributed by atoms with E-state index in [1.807, 2.05) is 17.5 Å². The summed E-state index contributed by atoms with van der Waals surface area (Å²) in [7, 11) is 0. The van der Waals surface area contributed by atoms with Crippen LogP contribution in [0.5, 0.6) is 0 Å². The number of thiophene rings is 1. The molecule has 4 heteroatoms. The van der Waals surface area contributed by atoms with E-state index in [1.165, 1.54) is 11.3 Å². The summed E-state index contributed by atoms with van der Waals surface area (Å²) >= 11 is 10.6. The number of hydrogen-bond acceptors (Lipinski definition) is 2. The molecule has 1 aromatic heterocycles. The van der Waals surface area contributed by atoms with Crippen LogP contribution in [0, 0.1) is 0 Å². The number of benzene rings is 1. The number of halogens is 2. The van der Waals surface area contributed by atoms with Gasteiger partial charge in [-0.25, -0.2) is 0 Å². The van der Waals surface area contributed by atoms with Gasteiger partial charge in [0, 0.05) is 15.1 Å². The molecule has 0 saturated heterocycles. The molecular formula is C11H6BrClOS. The van der Waals surface area contributed by atoms with E-state index in [4.69, 9.17) is 11.6 Å². The normalized spacial score (nSPS) is 10.3. The highest BCUT2D eigenvalue weighted by Crippen LogP contribution is 2.25. The Balaban J connectivity index is 2.42. The molecule has 76 valence electrons. The van der Waals surface area contributed by atoms with Gasteiger partial charge in [0.05, 0.1) is 4.88 Å². The lowest BCUT2D eigenvalue weighted by atomic mass is 10.1. The van der Waals surface area contributed by atoms with E-state index in [1.54, 1.807) is 18.2 Å². The van der Waals surface area contributed by atoms with Gasteiger partial charge in [-0.1, -0.05) is 17.7 Å². The lowest BCUT2D eigenvalue weighted by Gasteiger charge is -2.01. The van der Waals surface area contributed by atoms with Gasteiger partial charge in [-0.15, -0.1) is 11.3 Å². The molecule has 0 unspecified atom stereocenters. The molecule has 0 saturated carbocycles. The molecule has 0 bridgehead atoms. The Bertz CT molecular complexity index is 493. The SMILES string of the molecule is O=C(c1cccs1)c1ccc(Cl)cc1Br. The number of rotatable bonds is 2. The van der Waals surface area contributed by atoms with Crippen molar-refractivity contribution in [1.82, 2.24) is 0 Å². The van der Waals surface area contributed by atoms with Gasteiger partial charge in [-0.05, 0) is 45.6 Å². The van der Waals surface area contributed by atoms with E-state index < -0.39 is 0 Å². The first-order valence-corrected chi connectivity index (χ1v) is 6.27. The van der Waals surface area contributed by atoms with Gasteiger partial charge >= 0.3 is 0 Å². The third-order valence-corrected chi connectivity index (χ3v) is 3.68.